The Morgan fingerprint density at radius 3 is 2.78 bits per heavy atom. The SMILES string of the molecule is CCC(CCCl)CNC(=O)c1ccc(F)cc1C. The summed E-state index contributed by atoms with van der Waals surface area (Å²) in [6.45, 7) is 4.42. The first kappa shape index (κ1) is 15.0. The number of hydrogen-bond donors (Lipinski definition) is 1. The molecule has 0 aromatic heterocycles. The van der Waals surface area contributed by atoms with Crippen LogP contribution in [0.1, 0.15) is 35.7 Å². The summed E-state index contributed by atoms with van der Waals surface area (Å²) < 4.78 is 12.9. The van der Waals surface area contributed by atoms with E-state index in [0.29, 0.717) is 29.5 Å². The zero-order valence-electron chi connectivity index (χ0n) is 10.8. The molecule has 0 heterocycles. The summed E-state index contributed by atoms with van der Waals surface area (Å²) in [7, 11) is 0. The molecule has 1 amide bonds. The summed E-state index contributed by atoms with van der Waals surface area (Å²) in [4.78, 5) is 11.9. The van der Waals surface area contributed by atoms with Crippen LogP contribution >= 0.6 is 11.6 Å². The van der Waals surface area contributed by atoms with E-state index in [9.17, 15) is 9.18 Å². The highest BCUT2D eigenvalue weighted by Crippen LogP contribution is 2.11. The van der Waals surface area contributed by atoms with Crippen LogP contribution in [0.25, 0.3) is 0 Å². The zero-order valence-corrected chi connectivity index (χ0v) is 11.6. The first-order valence-electron chi connectivity index (χ1n) is 6.18. The third-order valence-electron chi connectivity index (χ3n) is 3.08. The number of rotatable bonds is 6. The summed E-state index contributed by atoms with van der Waals surface area (Å²) in [5.41, 5.74) is 1.18. The Labute approximate surface area is 113 Å². The summed E-state index contributed by atoms with van der Waals surface area (Å²) in [6, 6.07) is 4.19. The van der Waals surface area contributed by atoms with Crippen LogP contribution in [0.2, 0.25) is 0 Å². The number of benzene rings is 1. The number of carbonyl (C=O) groups excluding carboxylic acids is 1. The van der Waals surface area contributed by atoms with Gasteiger partial charge in [-0.25, -0.2) is 4.39 Å². The summed E-state index contributed by atoms with van der Waals surface area (Å²) >= 11 is 5.70. The molecule has 2 nitrogen and oxygen atoms in total. The third-order valence-corrected chi connectivity index (χ3v) is 3.30. The van der Waals surface area contributed by atoms with Gasteiger partial charge in [-0.05, 0) is 43.0 Å². The molecule has 1 aromatic rings. The lowest BCUT2D eigenvalue weighted by Crippen LogP contribution is -2.29. The maximum Gasteiger partial charge on any atom is 0.251 e. The highest BCUT2D eigenvalue weighted by Gasteiger charge is 2.12. The first-order chi connectivity index (χ1) is 8.58. The van der Waals surface area contributed by atoms with Gasteiger partial charge in [0.05, 0.1) is 0 Å². The number of alkyl halides is 1. The molecule has 18 heavy (non-hydrogen) atoms. The van der Waals surface area contributed by atoms with Crippen LogP contribution in [0.5, 0.6) is 0 Å². The second-order valence-electron chi connectivity index (χ2n) is 4.42. The van der Waals surface area contributed by atoms with Gasteiger partial charge in [-0.15, -0.1) is 11.6 Å². The number of hydrogen-bond acceptors (Lipinski definition) is 1. The number of amides is 1. The Kier molecular flexibility index (Phi) is 6.13. The molecule has 1 N–H and O–H groups in total. The molecule has 4 heteroatoms. The molecule has 0 aliphatic rings. The van der Waals surface area contributed by atoms with Gasteiger partial charge in [-0.3, -0.25) is 4.79 Å². The Morgan fingerprint density at radius 1 is 1.50 bits per heavy atom. The van der Waals surface area contributed by atoms with Crippen molar-refractivity contribution in [3.63, 3.8) is 0 Å². The Balaban J connectivity index is 2.59. The van der Waals surface area contributed by atoms with Gasteiger partial charge in [-0.2, -0.15) is 0 Å². The van der Waals surface area contributed by atoms with Crippen LogP contribution in [-0.2, 0) is 0 Å². The fraction of sp³-hybridized carbons (Fsp3) is 0.500. The van der Waals surface area contributed by atoms with Crippen molar-refractivity contribution < 1.29 is 9.18 Å². The van der Waals surface area contributed by atoms with Crippen LogP contribution in [0.4, 0.5) is 4.39 Å². The van der Waals surface area contributed by atoms with Crippen LogP contribution in [0, 0.1) is 18.7 Å². The summed E-state index contributed by atoms with van der Waals surface area (Å²) in [5, 5.41) is 2.88. The molecule has 100 valence electrons. The van der Waals surface area contributed by atoms with Crippen molar-refractivity contribution in [3.8, 4) is 0 Å². The summed E-state index contributed by atoms with van der Waals surface area (Å²) in [6.07, 6.45) is 1.87. The molecule has 0 aliphatic heterocycles. The van der Waals surface area contributed by atoms with Crippen molar-refractivity contribution in [3.05, 3.63) is 35.1 Å². The van der Waals surface area contributed by atoms with E-state index in [2.05, 4.69) is 12.2 Å². The molecule has 1 aromatic carbocycles. The lowest BCUT2D eigenvalue weighted by atomic mass is 10.0. The van der Waals surface area contributed by atoms with Gasteiger partial charge in [-0.1, -0.05) is 13.3 Å². The Bertz CT molecular complexity index is 409. The van der Waals surface area contributed by atoms with E-state index in [4.69, 9.17) is 11.6 Å². The Morgan fingerprint density at radius 2 is 2.22 bits per heavy atom. The lowest BCUT2D eigenvalue weighted by molar-refractivity contribution is 0.0946. The van der Waals surface area contributed by atoms with Gasteiger partial charge in [0, 0.05) is 18.0 Å². The van der Waals surface area contributed by atoms with Crippen molar-refractivity contribution in [2.45, 2.75) is 26.7 Å². The van der Waals surface area contributed by atoms with Gasteiger partial charge in [0.25, 0.3) is 5.91 Å². The second kappa shape index (κ2) is 7.37. The smallest absolute Gasteiger partial charge is 0.251 e. The topological polar surface area (TPSA) is 29.1 Å². The molecule has 0 bridgehead atoms. The zero-order chi connectivity index (χ0) is 13.5. The molecule has 0 saturated carbocycles. The van der Waals surface area contributed by atoms with E-state index in [1.54, 1.807) is 6.92 Å². The standard InChI is InChI=1S/C14H19ClFNO/c1-3-11(6-7-15)9-17-14(18)13-5-4-12(16)8-10(13)2/h4-5,8,11H,3,6-7,9H2,1-2H3,(H,17,18). The highest BCUT2D eigenvalue weighted by molar-refractivity contribution is 6.17. The molecule has 0 spiro atoms. The van der Waals surface area contributed by atoms with Crippen LogP contribution < -0.4 is 5.32 Å². The fourth-order valence-corrected chi connectivity index (χ4v) is 2.13. The summed E-state index contributed by atoms with van der Waals surface area (Å²) in [5.74, 6) is 0.523. The molecule has 0 saturated heterocycles. The minimum Gasteiger partial charge on any atom is -0.352 e. The average Bonchev–Trinajstić information content (AvgIpc) is 2.34. The van der Waals surface area contributed by atoms with Crippen LogP contribution in [0.3, 0.4) is 0 Å². The van der Waals surface area contributed by atoms with Crippen molar-refractivity contribution in [2.75, 3.05) is 12.4 Å². The quantitative estimate of drug-likeness (QED) is 0.788. The van der Waals surface area contributed by atoms with Gasteiger partial charge < -0.3 is 5.32 Å². The largest absolute Gasteiger partial charge is 0.352 e. The van der Waals surface area contributed by atoms with E-state index in [0.717, 1.165) is 12.8 Å². The van der Waals surface area contributed by atoms with Gasteiger partial charge in [0.15, 0.2) is 0 Å². The lowest BCUT2D eigenvalue weighted by Gasteiger charge is -2.14. The van der Waals surface area contributed by atoms with Crippen molar-refractivity contribution >= 4 is 17.5 Å². The molecule has 1 unspecified atom stereocenters. The van der Waals surface area contributed by atoms with Crippen molar-refractivity contribution in [1.29, 1.82) is 0 Å². The highest BCUT2D eigenvalue weighted by atomic mass is 35.5. The second-order valence-corrected chi connectivity index (χ2v) is 4.80. The molecule has 1 rings (SSSR count). The van der Waals surface area contributed by atoms with E-state index in [-0.39, 0.29) is 11.7 Å². The predicted molar refractivity (Wildman–Crippen MR) is 72.6 cm³/mol. The monoisotopic (exact) mass is 271 g/mol. The number of halogens is 2. The van der Waals surface area contributed by atoms with Gasteiger partial charge >= 0.3 is 0 Å². The van der Waals surface area contributed by atoms with Gasteiger partial charge in [0.1, 0.15) is 5.82 Å². The van der Waals surface area contributed by atoms with E-state index >= 15 is 0 Å². The van der Waals surface area contributed by atoms with E-state index < -0.39 is 0 Å². The average molecular weight is 272 g/mol. The molecule has 0 aliphatic carbocycles. The molecular formula is C14H19ClFNO. The van der Waals surface area contributed by atoms with Crippen molar-refractivity contribution in [2.24, 2.45) is 5.92 Å². The van der Waals surface area contributed by atoms with E-state index in [1.165, 1.54) is 18.2 Å². The molecule has 0 fully saturated rings. The van der Waals surface area contributed by atoms with Crippen molar-refractivity contribution in [1.82, 2.24) is 5.32 Å². The molecule has 0 radical (unpaired) electrons. The fourth-order valence-electron chi connectivity index (χ4n) is 1.82. The number of carbonyl (C=O) groups is 1. The van der Waals surface area contributed by atoms with Crippen LogP contribution in [0.15, 0.2) is 18.2 Å². The normalized spacial score (nSPS) is 12.2. The van der Waals surface area contributed by atoms with E-state index in [1.807, 2.05) is 0 Å². The molecular weight excluding hydrogens is 253 g/mol. The minimum atomic E-state index is -0.322. The predicted octanol–water partition coefficient (Wildman–Crippen LogP) is 3.52. The maximum atomic E-state index is 12.9. The molecule has 1 atom stereocenters. The third kappa shape index (κ3) is 4.30. The van der Waals surface area contributed by atoms with Gasteiger partial charge in [0.2, 0.25) is 0 Å². The maximum absolute atomic E-state index is 12.9. The number of aryl methyl sites for hydroxylation is 1. The number of nitrogens with one attached hydrogen (secondary N) is 1. The first-order valence-corrected chi connectivity index (χ1v) is 6.72. The Hall–Kier alpha value is -1.09. The minimum absolute atomic E-state index is 0.152. The van der Waals surface area contributed by atoms with Crippen LogP contribution in [-0.4, -0.2) is 18.3 Å².